The molecule has 0 heterocycles. The molecule has 0 rings (SSSR count). The molecule has 2 atom stereocenters. The van der Waals surface area contributed by atoms with Crippen LogP contribution in [0, 0.1) is 0 Å². The standard InChI is InChI=1S/C56H95NO7/c1-6-8-10-12-14-16-18-20-22-24-26-27-28-29-31-32-34-36-38-40-42-44-46-54(58)63-51-52(50-62-49-48-53(56(60)61)57(3,4)5)64-55(59)47-45-43-41-39-37-35-33-30-25-23-21-19-17-15-13-11-9-7-2/h11,13,15,17,19,21,23-26,28-30,33,52-53H,6-10,12,14,16,18,20,22,27,31-32,34-51H2,1-5H3/p+1/b13-11+,17-15+,21-19+,25-23+,26-24+,29-28+,33-30+. The predicted octanol–water partition coefficient (Wildman–Crippen LogP) is 14.9. The Balaban J connectivity index is 4.32. The largest absolute Gasteiger partial charge is 0.477 e. The first-order valence-electron chi connectivity index (χ1n) is 25.7. The first-order chi connectivity index (χ1) is 31.1. The van der Waals surface area contributed by atoms with Crippen molar-refractivity contribution in [1.82, 2.24) is 0 Å². The normalized spacial score (nSPS) is 13.6. The number of likely N-dealkylation sites (N-methyl/N-ethyl adjacent to an activating group) is 1. The van der Waals surface area contributed by atoms with E-state index < -0.39 is 18.1 Å². The number of carboxylic acids is 1. The van der Waals surface area contributed by atoms with Crippen molar-refractivity contribution in [3.63, 3.8) is 0 Å². The lowest BCUT2D eigenvalue weighted by atomic mass is 10.1. The number of carbonyl (C=O) groups is 3. The van der Waals surface area contributed by atoms with Crippen LogP contribution >= 0.6 is 0 Å². The highest BCUT2D eigenvalue weighted by Gasteiger charge is 2.31. The van der Waals surface area contributed by atoms with Crippen molar-refractivity contribution < 1.29 is 38.2 Å². The van der Waals surface area contributed by atoms with E-state index in [0.717, 1.165) is 77.0 Å². The highest BCUT2D eigenvalue weighted by Crippen LogP contribution is 2.14. The van der Waals surface area contributed by atoms with E-state index in [9.17, 15) is 19.5 Å². The summed E-state index contributed by atoms with van der Waals surface area (Å²) in [6.45, 7) is 4.61. The van der Waals surface area contributed by atoms with Crippen LogP contribution in [-0.4, -0.2) is 80.6 Å². The third kappa shape index (κ3) is 43.7. The lowest BCUT2D eigenvalue weighted by molar-refractivity contribution is -0.887. The molecule has 0 amide bonds. The number of ether oxygens (including phenoxy) is 3. The van der Waals surface area contributed by atoms with Crippen molar-refractivity contribution in [2.45, 2.75) is 212 Å². The monoisotopic (exact) mass is 895 g/mol. The van der Waals surface area contributed by atoms with Crippen LogP contribution in [0.1, 0.15) is 200 Å². The molecule has 0 aromatic heterocycles. The molecular formula is C56H96NO7+. The minimum atomic E-state index is -0.883. The lowest BCUT2D eigenvalue weighted by Gasteiger charge is -2.31. The molecule has 0 aromatic rings. The molecule has 0 aliphatic carbocycles. The molecule has 8 heteroatoms. The van der Waals surface area contributed by atoms with Crippen LogP contribution in [0.25, 0.3) is 0 Å². The molecule has 2 unspecified atom stereocenters. The second-order valence-electron chi connectivity index (χ2n) is 18.2. The molecule has 0 radical (unpaired) electrons. The van der Waals surface area contributed by atoms with Gasteiger partial charge in [-0.25, -0.2) is 4.79 Å². The minimum absolute atomic E-state index is 0.0432. The van der Waals surface area contributed by atoms with E-state index in [1.807, 2.05) is 57.6 Å². The molecule has 366 valence electrons. The number of carboxylic acid groups (broad SMARTS) is 1. The number of aliphatic carboxylic acids is 1. The van der Waals surface area contributed by atoms with Crippen LogP contribution < -0.4 is 0 Å². The van der Waals surface area contributed by atoms with Gasteiger partial charge in [-0.2, -0.15) is 0 Å². The Morgan fingerprint density at radius 2 is 0.922 bits per heavy atom. The Hall–Kier alpha value is -3.49. The molecule has 0 aliphatic rings. The SMILES string of the molecule is CCC/C=C/C=C/C=C/C=C/C=C/CCCCCCCC(=O)OC(COCCC(C(=O)O)[N+](C)(C)C)COC(=O)CCCCCCCCC/C=C/C/C=C/CCCCCCCCCC. The second kappa shape index (κ2) is 46.1. The Morgan fingerprint density at radius 3 is 1.41 bits per heavy atom. The zero-order chi connectivity index (χ0) is 47.0. The van der Waals surface area contributed by atoms with Crippen LogP contribution in [0.3, 0.4) is 0 Å². The van der Waals surface area contributed by atoms with Gasteiger partial charge in [-0.05, 0) is 64.2 Å². The smallest absolute Gasteiger partial charge is 0.362 e. The van der Waals surface area contributed by atoms with E-state index in [-0.39, 0.29) is 36.2 Å². The lowest BCUT2D eigenvalue weighted by Crippen LogP contribution is -2.50. The molecule has 0 fully saturated rings. The second-order valence-corrected chi connectivity index (χ2v) is 18.2. The van der Waals surface area contributed by atoms with Crippen LogP contribution in [0.4, 0.5) is 0 Å². The van der Waals surface area contributed by atoms with E-state index >= 15 is 0 Å². The van der Waals surface area contributed by atoms with E-state index in [2.05, 4.69) is 62.5 Å². The summed E-state index contributed by atoms with van der Waals surface area (Å²) < 4.78 is 17.3. The summed E-state index contributed by atoms with van der Waals surface area (Å²) >= 11 is 0. The number of nitrogens with zero attached hydrogens (tertiary/aromatic N) is 1. The summed E-state index contributed by atoms with van der Waals surface area (Å²) in [5, 5.41) is 9.65. The number of carbonyl (C=O) groups excluding carboxylic acids is 2. The van der Waals surface area contributed by atoms with Gasteiger partial charge in [-0.3, -0.25) is 9.59 Å². The zero-order valence-corrected chi connectivity index (χ0v) is 41.7. The maximum absolute atomic E-state index is 12.8. The topological polar surface area (TPSA) is 99.1 Å². The zero-order valence-electron chi connectivity index (χ0n) is 41.7. The van der Waals surface area contributed by atoms with Gasteiger partial charge in [0, 0.05) is 19.3 Å². The summed E-state index contributed by atoms with van der Waals surface area (Å²) in [6, 6.07) is -0.626. The maximum atomic E-state index is 12.8. The summed E-state index contributed by atoms with van der Waals surface area (Å²) in [4.78, 5) is 37.2. The summed E-state index contributed by atoms with van der Waals surface area (Å²) in [6.07, 6.45) is 60.6. The average molecular weight is 895 g/mol. The van der Waals surface area contributed by atoms with Gasteiger partial charge in [0.15, 0.2) is 12.1 Å². The summed E-state index contributed by atoms with van der Waals surface area (Å²) in [7, 11) is 5.51. The Morgan fingerprint density at radius 1 is 0.484 bits per heavy atom. The van der Waals surface area contributed by atoms with Gasteiger partial charge in [0.2, 0.25) is 0 Å². The quantitative estimate of drug-likeness (QED) is 0.0214. The fourth-order valence-corrected chi connectivity index (χ4v) is 7.15. The molecule has 0 saturated heterocycles. The fourth-order valence-electron chi connectivity index (χ4n) is 7.15. The van der Waals surface area contributed by atoms with Crippen molar-refractivity contribution in [2.75, 3.05) is 41.0 Å². The van der Waals surface area contributed by atoms with E-state index in [1.54, 1.807) is 0 Å². The van der Waals surface area contributed by atoms with Crippen molar-refractivity contribution >= 4 is 17.9 Å². The molecule has 64 heavy (non-hydrogen) atoms. The van der Waals surface area contributed by atoms with Crippen molar-refractivity contribution in [3.8, 4) is 0 Å². The highest BCUT2D eigenvalue weighted by atomic mass is 16.6. The Bertz CT molecular complexity index is 1320. The molecule has 0 spiro atoms. The molecule has 0 aliphatic heterocycles. The van der Waals surface area contributed by atoms with E-state index in [0.29, 0.717) is 19.3 Å². The van der Waals surface area contributed by atoms with Crippen LogP contribution in [0.5, 0.6) is 0 Å². The number of hydrogen-bond donors (Lipinski definition) is 1. The molecule has 0 bridgehead atoms. The average Bonchev–Trinajstić information content (AvgIpc) is 3.26. The molecule has 8 nitrogen and oxygen atoms in total. The third-order valence-electron chi connectivity index (χ3n) is 11.1. The van der Waals surface area contributed by atoms with Crippen molar-refractivity contribution in [2.24, 2.45) is 0 Å². The number of hydrogen-bond acceptors (Lipinski definition) is 6. The minimum Gasteiger partial charge on any atom is -0.477 e. The highest BCUT2D eigenvalue weighted by molar-refractivity contribution is 5.72. The van der Waals surface area contributed by atoms with Crippen LogP contribution in [0.2, 0.25) is 0 Å². The first kappa shape index (κ1) is 60.5. The first-order valence-corrected chi connectivity index (χ1v) is 25.7. The molecular weight excluding hydrogens is 799 g/mol. The van der Waals surface area contributed by atoms with Gasteiger partial charge in [-0.1, -0.05) is 202 Å². The van der Waals surface area contributed by atoms with Gasteiger partial charge in [0.25, 0.3) is 0 Å². The Labute approximate surface area is 393 Å². The van der Waals surface area contributed by atoms with Crippen LogP contribution in [-0.2, 0) is 28.6 Å². The Kier molecular flexibility index (Phi) is 43.5. The van der Waals surface area contributed by atoms with E-state index in [4.69, 9.17) is 14.2 Å². The van der Waals surface area contributed by atoms with Gasteiger partial charge < -0.3 is 23.8 Å². The fraction of sp³-hybridized carbons (Fsp3) is 0.696. The summed E-state index contributed by atoms with van der Waals surface area (Å²) in [5.74, 6) is -1.52. The van der Waals surface area contributed by atoms with Gasteiger partial charge >= 0.3 is 17.9 Å². The van der Waals surface area contributed by atoms with Crippen molar-refractivity contribution in [3.05, 3.63) is 85.1 Å². The predicted molar refractivity (Wildman–Crippen MR) is 270 cm³/mol. The van der Waals surface area contributed by atoms with Crippen LogP contribution in [0.15, 0.2) is 85.1 Å². The van der Waals surface area contributed by atoms with E-state index in [1.165, 1.54) is 89.9 Å². The maximum Gasteiger partial charge on any atom is 0.362 e. The summed E-state index contributed by atoms with van der Waals surface area (Å²) in [5.41, 5.74) is 0. The number of unbranched alkanes of at least 4 members (excludes halogenated alkanes) is 21. The number of allylic oxidation sites excluding steroid dienone is 14. The third-order valence-corrected chi connectivity index (χ3v) is 11.1. The number of esters is 2. The number of quaternary nitrogens is 1. The molecule has 1 N–H and O–H groups in total. The van der Waals surface area contributed by atoms with Gasteiger partial charge in [0.05, 0.1) is 34.4 Å². The number of rotatable bonds is 45. The van der Waals surface area contributed by atoms with Gasteiger partial charge in [0.1, 0.15) is 6.61 Å². The van der Waals surface area contributed by atoms with Crippen molar-refractivity contribution in [1.29, 1.82) is 0 Å². The van der Waals surface area contributed by atoms with Gasteiger partial charge in [-0.15, -0.1) is 0 Å². The molecule has 0 saturated carbocycles. The molecule has 0 aromatic carbocycles.